The van der Waals surface area contributed by atoms with Crippen LogP contribution in [-0.2, 0) is 11.3 Å². The number of halogens is 1. The Kier molecular flexibility index (Phi) is 7.21. The first-order valence-corrected chi connectivity index (χ1v) is 10.5. The van der Waals surface area contributed by atoms with Gasteiger partial charge in [0.1, 0.15) is 5.82 Å². The van der Waals surface area contributed by atoms with Crippen LogP contribution in [0.3, 0.4) is 0 Å². The number of carbonyl (C=O) groups excluding carboxylic acids is 2. The number of thioether (sulfide) groups is 1. The number of amides is 3. The van der Waals surface area contributed by atoms with Gasteiger partial charge in [-0.1, -0.05) is 18.2 Å². The first-order valence-electron chi connectivity index (χ1n) is 9.59. The third kappa shape index (κ3) is 5.54. The minimum Gasteiger partial charge on any atom is -0.341 e. The molecule has 1 fully saturated rings. The van der Waals surface area contributed by atoms with Gasteiger partial charge in [-0.05, 0) is 57.1 Å². The van der Waals surface area contributed by atoms with Gasteiger partial charge in [-0.25, -0.2) is 9.18 Å². The van der Waals surface area contributed by atoms with Crippen molar-refractivity contribution in [2.24, 2.45) is 0 Å². The van der Waals surface area contributed by atoms with Crippen molar-refractivity contribution in [3.8, 4) is 5.69 Å². The van der Waals surface area contributed by atoms with E-state index in [-0.39, 0.29) is 5.82 Å². The Labute approximate surface area is 173 Å². The Balaban J connectivity index is 1.84. The number of aromatic nitrogens is 3. The molecule has 0 unspecified atom stereocenters. The monoisotopic (exact) mass is 420 g/mol. The van der Waals surface area contributed by atoms with E-state index >= 15 is 0 Å². The molecule has 156 valence electrons. The molecule has 3 amide bonds. The molecule has 1 aromatic heterocycles. The van der Waals surface area contributed by atoms with Gasteiger partial charge in [0.05, 0.1) is 11.8 Å². The number of hydrogen-bond donors (Lipinski definition) is 2. The van der Waals surface area contributed by atoms with E-state index in [1.807, 2.05) is 4.57 Å². The molecule has 8 nitrogen and oxygen atoms in total. The molecule has 3 rings (SSSR count). The van der Waals surface area contributed by atoms with E-state index in [0.29, 0.717) is 11.7 Å². The highest BCUT2D eigenvalue weighted by Crippen LogP contribution is 2.27. The van der Waals surface area contributed by atoms with Gasteiger partial charge in [-0.3, -0.25) is 19.6 Å². The van der Waals surface area contributed by atoms with Crippen LogP contribution in [-0.4, -0.2) is 57.0 Å². The largest absolute Gasteiger partial charge is 0.341 e. The van der Waals surface area contributed by atoms with E-state index in [1.54, 1.807) is 19.1 Å². The van der Waals surface area contributed by atoms with Crippen molar-refractivity contribution in [1.82, 2.24) is 30.3 Å². The zero-order chi connectivity index (χ0) is 20.8. The van der Waals surface area contributed by atoms with Gasteiger partial charge in [0.2, 0.25) is 5.91 Å². The maximum absolute atomic E-state index is 13.4. The van der Waals surface area contributed by atoms with Gasteiger partial charge in [0.15, 0.2) is 11.0 Å². The number of imide groups is 1. The average Bonchev–Trinajstić information content (AvgIpc) is 3.11. The van der Waals surface area contributed by atoms with Crippen molar-refractivity contribution in [1.29, 1.82) is 0 Å². The van der Waals surface area contributed by atoms with Gasteiger partial charge in [-0.2, -0.15) is 0 Å². The topological polar surface area (TPSA) is 92.2 Å². The third-order valence-electron chi connectivity index (χ3n) is 4.71. The lowest BCUT2D eigenvalue weighted by Gasteiger charge is -2.26. The highest BCUT2D eigenvalue weighted by Gasteiger charge is 2.23. The lowest BCUT2D eigenvalue weighted by atomic mass is 10.1. The zero-order valence-electron chi connectivity index (χ0n) is 16.5. The van der Waals surface area contributed by atoms with E-state index in [2.05, 4.69) is 25.7 Å². The van der Waals surface area contributed by atoms with Crippen LogP contribution in [0.25, 0.3) is 5.69 Å². The fraction of sp³-hybridized carbons (Fsp3) is 0.474. The van der Waals surface area contributed by atoms with Gasteiger partial charge >= 0.3 is 6.03 Å². The Morgan fingerprint density at radius 1 is 1.17 bits per heavy atom. The van der Waals surface area contributed by atoms with Gasteiger partial charge in [0, 0.05) is 12.7 Å². The summed E-state index contributed by atoms with van der Waals surface area (Å²) in [5, 5.41) is 13.2. The number of likely N-dealkylation sites (tertiary alicyclic amines) is 1. The van der Waals surface area contributed by atoms with Crippen molar-refractivity contribution < 1.29 is 14.0 Å². The molecule has 10 heteroatoms. The molecule has 1 aliphatic heterocycles. The van der Waals surface area contributed by atoms with Crippen LogP contribution in [0, 0.1) is 5.82 Å². The number of hydrogen-bond acceptors (Lipinski definition) is 6. The van der Waals surface area contributed by atoms with Crippen LogP contribution < -0.4 is 10.6 Å². The first-order chi connectivity index (χ1) is 14.0. The van der Waals surface area contributed by atoms with Gasteiger partial charge in [0.25, 0.3) is 0 Å². The van der Waals surface area contributed by atoms with Gasteiger partial charge in [-0.15, -0.1) is 10.2 Å². The standard InChI is InChI=1S/C19H25FN6O2S/c1-13(17(27)22-18(28)21-2)29-19-24-23-16(12-25-10-4-3-5-11-25)26(19)15-8-6-14(20)7-9-15/h6-9,13H,3-5,10-12H2,1-2H3,(H2,21,22,27,28)/t13-/m1/s1. The summed E-state index contributed by atoms with van der Waals surface area (Å²) < 4.78 is 15.3. The molecule has 1 saturated heterocycles. The quantitative estimate of drug-likeness (QED) is 0.697. The minimum atomic E-state index is -0.571. The molecule has 29 heavy (non-hydrogen) atoms. The number of carbonyl (C=O) groups is 2. The Hall–Kier alpha value is -2.46. The smallest absolute Gasteiger partial charge is 0.321 e. The van der Waals surface area contributed by atoms with Crippen LogP contribution in [0.4, 0.5) is 9.18 Å². The fourth-order valence-electron chi connectivity index (χ4n) is 3.13. The van der Waals surface area contributed by atoms with E-state index in [1.165, 1.54) is 37.4 Å². The maximum atomic E-state index is 13.4. The summed E-state index contributed by atoms with van der Waals surface area (Å²) in [5.74, 6) is -0.0209. The second-order valence-corrected chi connectivity index (χ2v) is 8.18. The van der Waals surface area contributed by atoms with Crippen molar-refractivity contribution >= 4 is 23.7 Å². The molecule has 2 N–H and O–H groups in total. The molecular weight excluding hydrogens is 395 g/mol. The molecule has 0 bridgehead atoms. The number of urea groups is 1. The zero-order valence-corrected chi connectivity index (χ0v) is 17.3. The Morgan fingerprint density at radius 2 is 1.86 bits per heavy atom. The summed E-state index contributed by atoms with van der Waals surface area (Å²) in [5.41, 5.74) is 0.727. The fourth-order valence-corrected chi connectivity index (χ4v) is 4.02. The summed E-state index contributed by atoms with van der Waals surface area (Å²) in [7, 11) is 1.44. The second-order valence-electron chi connectivity index (χ2n) is 6.88. The molecule has 0 aliphatic carbocycles. The first kappa shape index (κ1) is 21.3. The van der Waals surface area contributed by atoms with Crippen molar-refractivity contribution in [3.05, 3.63) is 35.9 Å². The number of piperidine rings is 1. The number of benzene rings is 1. The highest BCUT2D eigenvalue weighted by atomic mass is 32.2. The van der Waals surface area contributed by atoms with Crippen molar-refractivity contribution in [3.63, 3.8) is 0 Å². The maximum Gasteiger partial charge on any atom is 0.321 e. The van der Waals surface area contributed by atoms with E-state index in [0.717, 1.165) is 37.4 Å². The van der Waals surface area contributed by atoms with E-state index in [4.69, 9.17) is 0 Å². The molecule has 2 aromatic rings. The van der Waals surface area contributed by atoms with E-state index in [9.17, 15) is 14.0 Å². The molecule has 1 aromatic carbocycles. The average molecular weight is 421 g/mol. The molecular formula is C19H25FN6O2S. The Bertz CT molecular complexity index is 851. The summed E-state index contributed by atoms with van der Waals surface area (Å²) in [6, 6.07) is 5.54. The third-order valence-corrected chi connectivity index (χ3v) is 5.76. The molecule has 0 spiro atoms. The van der Waals surface area contributed by atoms with Crippen LogP contribution in [0.5, 0.6) is 0 Å². The lowest BCUT2D eigenvalue weighted by molar-refractivity contribution is -0.119. The van der Waals surface area contributed by atoms with Gasteiger partial charge < -0.3 is 5.32 Å². The van der Waals surface area contributed by atoms with Crippen LogP contribution in [0.1, 0.15) is 32.0 Å². The van der Waals surface area contributed by atoms with Crippen LogP contribution in [0.15, 0.2) is 29.4 Å². The molecule has 0 radical (unpaired) electrons. The second kappa shape index (κ2) is 9.84. The summed E-state index contributed by atoms with van der Waals surface area (Å²) in [6.07, 6.45) is 3.55. The number of nitrogens with zero attached hydrogens (tertiary/aromatic N) is 4. The molecule has 1 atom stereocenters. The number of rotatable bonds is 6. The van der Waals surface area contributed by atoms with Crippen LogP contribution >= 0.6 is 11.8 Å². The molecule has 2 heterocycles. The summed E-state index contributed by atoms with van der Waals surface area (Å²) in [6.45, 7) is 4.33. The highest BCUT2D eigenvalue weighted by molar-refractivity contribution is 8.00. The molecule has 0 saturated carbocycles. The predicted octanol–water partition coefficient (Wildman–Crippen LogP) is 2.33. The van der Waals surface area contributed by atoms with Crippen molar-refractivity contribution in [2.45, 2.75) is 43.1 Å². The van der Waals surface area contributed by atoms with Crippen LogP contribution in [0.2, 0.25) is 0 Å². The normalized spacial score (nSPS) is 15.7. The SMILES string of the molecule is CNC(=O)NC(=O)[C@@H](C)Sc1nnc(CN2CCCCC2)n1-c1ccc(F)cc1. The Morgan fingerprint density at radius 3 is 2.52 bits per heavy atom. The molecule has 1 aliphatic rings. The van der Waals surface area contributed by atoms with E-state index < -0.39 is 17.2 Å². The predicted molar refractivity (Wildman–Crippen MR) is 108 cm³/mol. The summed E-state index contributed by atoms with van der Waals surface area (Å²) in [4.78, 5) is 25.9. The number of nitrogens with one attached hydrogen (secondary N) is 2. The minimum absolute atomic E-state index is 0.327. The summed E-state index contributed by atoms with van der Waals surface area (Å²) >= 11 is 1.20. The van der Waals surface area contributed by atoms with Crippen molar-refractivity contribution in [2.75, 3.05) is 20.1 Å². The lowest BCUT2D eigenvalue weighted by Crippen LogP contribution is -2.41.